The van der Waals surface area contributed by atoms with Gasteiger partial charge in [-0.1, -0.05) is 304 Å². The van der Waals surface area contributed by atoms with Gasteiger partial charge in [-0.3, -0.25) is 18.6 Å². The first-order valence-electron chi connectivity index (χ1n) is 34.1. The molecule has 0 heterocycles. The molecular formula is C71H128NO8P. The molecule has 0 aliphatic heterocycles. The number of phosphoric acid groups is 1. The van der Waals surface area contributed by atoms with Crippen LogP contribution in [0.15, 0.2) is 85.1 Å². The Morgan fingerprint density at radius 1 is 0.383 bits per heavy atom. The average Bonchev–Trinajstić information content (AvgIpc) is 3.46. The second-order valence-corrected chi connectivity index (χ2v) is 24.1. The molecule has 3 N–H and O–H groups in total. The molecule has 0 aromatic rings. The minimum atomic E-state index is -4.39. The molecule has 0 saturated carbocycles. The zero-order valence-corrected chi connectivity index (χ0v) is 53.7. The van der Waals surface area contributed by atoms with Gasteiger partial charge < -0.3 is 20.1 Å². The average molecular weight is 1150 g/mol. The summed E-state index contributed by atoms with van der Waals surface area (Å²) in [5, 5.41) is 0. The summed E-state index contributed by atoms with van der Waals surface area (Å²) in [4.78, 5) is 35.3. The Kier molecular flexibility index (Phi) is 64.0. The minimum absolute atomic E-state index is 0.0526. The van der Waals surface area contributed by atoms with Crippen LogP contribution in [0.2, 0.25) is 0 Å². The van der Waals surface area contributed by atoms with E-state index in [4.69, 9.17) is 24.3 Å². The van der Waals surface area contributed by atoms with Crippen molar-refractivity contribution < 1.29 is 37.6 Å². The van der Waals surface area contributed by atoms with Crippen LogP contribution < -0.4 is 5.73 Å². The van der Waals surface area contributed by atoms with E-state index in [1.165, 1.54) is 212 Å². The predicted octanol–water partition coefficient (Wildman–Crippen LogP) is 22.2. The normalized spacial score (nSPS) is 13.5. The van der Waals surface area contributed by atoms with Crippen molar-refractivity contribution in [3.63, 3.8) is 0 Å². The van der Waals surface area contributed by atoms with Gasteiger partial charge in [0.2, 0.25) is 0 Å². The van der Waals surface area contributed by atoms with Crippen molar-refractivity contribution in [2.75, 3.05) is 26.4 Å². The van der Waals surface area contributed by atoms with E-state index in [-0.39, 0.29) is 38.6 Å². The number of nitrogens with two attached hydrogens (primary N) is 1. The number of hydrogen-bond acceptors (Lipinski definition) is 8. The number of hydrogen-bond donors (Lipinski definition) is 2. The van der Waals surface area contributed by atoms with Crippen molar-refractivity contribution in [2.45, 2.75) is 328 Å². The van der Waals surface area contributed by atoms with E-state index < -0.39 is 26.5 Å². The molecule has 81 heavy (non-hydrogen) atoms. The predicted molar refractivity (Wildman–Crippen MR) is 349 cm³/mol. The fraction of sp³-hybridized carbons (Fsp3) is 0.775. The van der Waals surface area contributed by atoms with E-state index in [1.807, 2.05) is 0 Å². The van der Waals surface area contributed by atoms with Crippen LogP contribution in [0.25, 0.3) is 0 Å². The summed E-state index contributed by atoms with van der Waals surface area (Å²) in [7, 11) is -4.39. The fourth-order valence-electron chi connectivity index (χ4n) is 9.76. The van der Waals surface area contributed by atoms with Crippen molar-refractivity contribution >= 4 is 19.8 Å². The number of rotatable bonds is 64. The molecule has 470 valence electrons. The van der Waals surface area contributed by atoms with Gasteiger partial charge in [-0.25, -0.2) is 4.57 Å². The maximum atomic E-state index is 12.8. The van der Waals surface area contributed by atoms with Crippen LogP contribution in [0.4, 0.5) is 0 Å². The summed E-state index contributed by atoms with van der Waals surface area (Å²) < 4.78 is 33.2. The van der Waals surface area contributed by atoms with Gasteiger partial charge in [-0.2, -0.15) is 0 Å². The number of ether oxygens (including phenoxy) is 2. The Labute approximate surface area is 500 Å². The van der Waals surface area contributed by atoms with Crippen LogP contribution in [-0.4, -0.2) is 49.3 Å². The first-order valence-corrected chi connectivity index (χ1v) is 35.6. The Hall–Kier alpha value is -2.81. The highest BCUT2D eigenvalue weighted by atomic mass is 31.2. The van der Waals surface area contributed by atoms with Crippen molar-refractivity contribution in [1.82, 2.24) is 0 Å². The number of phosphoric ester groups is 1. The zero-order valence-electron chi connectivity index (χ0n) is 52.8. The number of carbonyl (C=O) groups excluding carboxylic acids is 2. The number of unbranched alkanes of at least 4 members (excludes halogenated alkanes) is 37. The first-order chi connectivity index (χ1) is 39.8. The van der Waals surface area contributed by atoms with Gasteiger partial charge in [0.1, 0.15) is 6.61 Å². The van der Waals surface area contributed by atoms with E-state index in [0.717, 1.165) is 77.0 Å². The second kappa shape index (κ2) is 66.3. The number of carbonyl (C=O) groups is 2. The van der Waals surface area contributed by atoms with Gasteiger partial charge in [0.05, 0.1) is 13.2 Å². The molecule has 0 radical (unpaired) electrons. The third-order valence-electron chi connectivity index (χ3n) is 14.8. The van der Waals surface area contributed by atoms with Gasteiger partial charge >= 0.3 is 19.8 Å². The first kappa shape index (κ1) is 78.2. The van der Waals surface area contributed by atoms with E-state index in [2.05, 4.69) is 98.9 Å². The Morgan fingerprint density at radius 2 is 0.679 bits per heavy atom. The third kappa shape index (κ3) is 66.2. The lowest BCUT2D eigenvalue weighted by Crippen LogP contribution is -2.29. The molecule has 2 atom stereocenters. The van der Waals surface area contributed by atoms with E-state index in [9.17, 15) is 19.0 Å². The maximum Gasteiger partial charge on any atom is 0.472 e. The molecule has 0 fully saturated rings. The Morgan fingerprint density at radius 3 is 1.01 bits per heavy atom. The van der Waals surface area contributed by atoms with E-state index in [0.29, 0.717) is 6.42 Å². The molecule has 0 bridgehead atoms. The van der Waals surface area contributed by atoms with Crippen molar-refractivity contribution in [1.29, 1.82) is 0 Å². The van der Waals surface area contributed by atoms with Crippen LogP contribution in [0.5, 0.6) is 0 Å². The quantitative estimate of drug-likeness (QED) is 0.0264. The largest absolute Gasteiger partial charge is 0.472 e. The van der Waals surface area contributed by atoms with Crippen LogP contribution in [0, 0.1) is 0 Å². The monoisotopic (exact) mass is 1150 g/mol. The molecular weight excluding hydrogens is 1030 g/mol. The summed E-state index contributed by atoms with van der Waals surface area (Å²) in [6.45, 7) is 3.66. The highest BCUT2D eigenvalue weighted by Gasteiger charge is 2.26. The van der Waals surface area contributed by atoms with Crippen molar-refractivity contribution in [3.8, 4) is 0 Å². The molecule has 0 amide bonds. The molecule has 2 unspecified atom stereocenters. The molecule has 0 aromatic heterocycles. The van der Waals surface area contributed by atoms with Gasteiger partial charge in [-0.15, -0.1) is 0 Å². The van der Waals surface area contributed by atoms with Crippen LogP contribution >= 0.6 is 7.82 Å². The van der Waals surface area contributed by atoms with Crippen LogP contribution in [0.1, 0.15) is 322 Å². The third-order valence-corrected chi connectivity index (χ3v) is 15.7. The standard InChI is InChI=1S/C71H128NO8P/c1-3-5-7-9-11-13-15-17-19-21-23-25-27-29-30-31-32-33-34-35-36-37-38-40-42-44-46-48-50-52-54-56-58-60-62-64-71(74)80-69(68-79-81(75,76)78-66-65-72)67-77-70(73)63-61-59-57-55-53-51-49-47-45-43-41-39-28-26-24-22-20-18-16-14-12-10-8-6-4-2/h5,7,11,13,16-19,22-25,29-30,69H,3-4,6,8-10,12,14-15,20-21,26-28,31-68,72H2,1-2H3,(H,75,76)/b7-5-,13-11-,18-16-,19-17-,24-22-,25-23-,30-29-. The summed E-state index contributed by atoms with van der Waals surface area (Å²) in [6, 6.07) is 0. The van der Waals surface area contributed by atoms with E-state index in [1.54, 1.807) is 0 Å². The van der Waals surface area contributed by atoms with Crippen molar-refractivity contribution in [2.24, 2.45) is 5.73 Å². The van der Waals surface area contributed by atoms with Gasteiger partial charge in [0, 0.05) is 19.4 Å². The highest BCUT2D eigenvalue weighted by Crippen LogP contribution is 2.43. The molecule has 0 aromatic carbocycles. The van der Waals surface area contributed by atoms with Crippen molar-refractivity contribution in [3.05, 3.63) is 85.1 Å². The molecule has 9 nitrogen and oxygen atoms in total. The number of allylic oxidation sites excluding steroid dienone is 14. The fourth-order valence-corrected chi connectivity index (χ4v) is 10.5. The molecule has 0 aliphatic rings. The minimum Gasteiger partial charge on any atom is -0.462 e. The summed E-state index contributed by atoms with van der Waals surface area (Å²) in [5.74, 6) is -0.816. The second-order valence-electron chi connectivity index (χ2n) is 22.7. The lowest BCUT2D eigenvalue weighted by atomic mass is 10.0. The van der Waals surface area contributed by atoms with Crippen LogP contribution in [0.3, 0.4) is 0 Å². The van der Waals surface area contributed by atoms with Gasteiger partial charge in [0.15, 0.2) is 6.10 Å². The summed E-state index contributed by atoms with van der Waals surface area (Å²) in [5.41, 5.74) is 5.40. The van der Waals surface area contributed by atoms with E-state index >= 15 is 0 Å². The molecule has 0 aliphatic carbocycles. The Balaban J connectivity index is 3.86. The Bertz CT molecular complexity index is 1600. The maximum absolute atomic E-state index is 12.8. The van der Waals surface area contributed by atoms with Gasteiger partial charge in [0.25, 0.3) is 0 Å². The molecule has 0 spiro atoms. The SMILES string of the molecule is CC/C=C\C/C=C\C/C=C\C/C=C\C/C=C\CCCCCCCCCCCCCCCCCCCCCC(=O)OC(COC(=O)CCCCCCCCCCCCCCC/C=C\C/C=C\CCCCCCC)COP(=O)(O)OCCN. The lowest BCUT2D eigenvalue weighted by Gasteiger charge is -2.19. The van der Waals surface area contributed by atoms with Gasteiger partial charge in [-0.05, 0) is 89.9 Å². The van der Waals surface area contributed by atoms with Crippen LogP contribution in [-0.2, 0) is 32.7 Å². The zero-order chi connectivity index (χ0) is 58.7. The molecule has 0 saturated heterocycles. The highest BCUT2D eigenvalue weighted by molar-refractivity contribution is 7.47. The smallest absolute Gasteiger partial charge is 0.462 e. The number of esters is 2. The summed E-state index contributed by atoms with van der Waals surface area (Å²) in [6.07, 6.45) is 88.1. The molecule has 10 heteroatoms. The summed E-state index contributed by atoms with van der Waals surface area (Å²) >= 11 is 0. The molecule has 0 rings (SSSR count). The topological polar surface area (TPSA) is 134 Å². The lowest BCUT2D eigenvalue weighted by molar-refractivity contribution is -0.161.